The molecule has 1 fully saturated rings. The summed E-state index contributed by atoms with van der Waals surface area (Å²) in [7, 11) is -1.78. The maximum atomic E-state index is 13.6. The fourth-order valence-electron chi connectivity index (χ4n) is 2.66. The van der Waals surface area contributed by atoms with Crippen LogP contribution in [0.5, 0.6) is 0 Å². The van der Waals surface area contributed by atoms with Gasteiger partial charge in [-0.3, -0.25) is 0 Å². The van der Waals surface area contributed by atoms with Gasteiger partial charge < -0.3 is 4.74 Å². The Kier molecular flexibility index (Phi) is 3.60. The van der Waals surface area contributed by atoms with E-state index in [1.807, 2.05) is 50.0 Å². The van der Waals surface area contributed by atoms with Crippen molar-refractivity contribution in [3.63, 3.8) is 0 Å². The highest BCUT2D eigenvalue weighted by molar-refractivity contribution is 6.78. The molecule has 0 unspecified atom stereocenters. The molecule has 1 saturated carbocycles. The Morgan fingerprint density at radius 1 is 1.17 bits per heavy atom. The first-order chi connectivity index (χ1) is 8.33. The molecular weight excluding hydrogens is 250 g/mol. The summed E-state index contributed by atoms with van der Waals surface area (Å²) >= 11 is 0. The Hall–Kier alpha value is -0.743. The number of hydrogen-bond donors (Lipinski definition) is 0. The van der Waals surface area contributed by atoms with Crippen molar-refractivity contribution in [2.75, 3.05) is 6.61 Å². The highest BCUT2D eigenvalue weighted by Crippen LogP contribution is 2.64. The first-order valence-electron chi connectivity index (χ1n) is 6.33. The average Bonchev–Trinajstić information content (AvgIpc) is 2.82. The predicted molar refractivity (Wildman–Crippen MR) is 71.6 cm³/mol. The van der Waals surface area contributed by atoms with E-state index >= 15 is 0 Å². The van der Waals surface area contributed by atoms with Crippen molar-refractivity contribution in [3.8, 4) is 0 Å². The Morgan fingerprint density at radius 2 is 1.78 bits per heavy atom. The third kappa shape index (κ3) is 2.80. The predicted octanol–water partition coefficient (Wildman–Crippen LogP) is 4.18. The van der Waals surface area contributed by atoms with Gasteiger partial charge >= 0.3 is 0 Å². The van der Waals surface area contributed by atoms with E-state index in [2.05, 4.69) is 0 Å². The molecule has 2 atom stereocenters. The molecule has 1 aliphatic rings. The molecule has 18 heavy (non-hydrogen) atoms. The van der Waals surface area contributed by atoms with Crippen LogP contribution in [0.25, 0.3) is 0 Å². The minimum atomic E-state index is -2.50. The van der Waals surface area contributed by atoms with Gasteiger partial charge in [0.2, 0.25) is 0 Å². The van der Waals surface area contributed by atoms with Gasteiger partial charge in [0.25, 0.3) is 5.92 Å². The minimum absolute atomic E-state index is 0.177. The molecule has 100 valence electrons. The summed E-state index contributed by atoms with van der Waals surface area (Å²) in [5, 5.41) is 0. The smallest absolute Gasteiger partial charge is 0.254 e. The van der Waals surface area contributed by atoms with Gasteiger partial charge in [0.1, 0.15) is 0 Å². The van der Waals surface area contributed by atoms with Crippen LogP contribution < -0.4 is 0 Å². The van der Waals surface area contributed by atoms with Crippen LogP contribution >= 0.6 is 0 Å². The van der Waals surface area contributed by atoms with Crippen molar-refractivity contribution in [2.45, 2.75) is 37.7 Å². The van der Waals surface area contributed by atoms with E-state index in [0.29, 0.717) is 6.61 Å². The largest absolute Gasteiger partial charge is 0.376 e. The van der Waals surface area contributed by atoms with Crippen LogP contribution in [0.1, 0.15) is 5.56 Å². The summed E-state index contributed by atoms with van der Waals surface area (Å²) in [6, 6.07) is 9.67. The standard InChI is InChI=1S/C14H20F2OSi/c1-18(2,3)13-12(14(13,15)16)10-17-9-11-7-5-4-6-8-11/h4-8,12-13H,9-10H2,1-3H3/t12-,13-/m0/s1. The Bertz CT molecular complexity index is 400. The van der Waals surface area contributed by atoms with Crippen LogP contribution in [0.3, 0.4) is 0 Å². The van der Waals surface area contributed by atoms with Crippen LogP contribution in [0.2, 0.25) is 25.2 Å². The van der Waals surface area contributed by atoms with Crippen LogP contribution in [0.4, 0.5) is 8.78 Å². The molecule has 1 aromatic rings. The van der Waals surface area contributed by atoms with Gasteiger partial charge in [-0.2, -0.15) is 0 Å². The zero-order valence-electron chi connectivity index (χ0n) is 11.1. The normalized spacial score (nSPS) is 26.1. The summed E-state index contributed by atoms with van der Waals surface area (Å²) in [4.78, 5) is 0. The number of ether oxygens (including phenoxy) is 1. The van der Waals surface area contributed by atoms with E-state index in [9.17, 15) is 8.78 Å². The Morgan fingerprint density at radius 3 is 2.28 bits per heavy atom. The molecule has 1 nitrogen and oxygen atoms in total. The molecule has 0 saturated heterocycles. The molecule has 0 aromatic heterocycles. The van der Waals surface area contributed by atoms with E-state index in [1.54, 1.807) is 0 Å². The van der Waals surface area contributed by atoms with Crippen molar-refractivity contribution in [1.82, 2.24) is 0 Å². The molecule has 4 heteroatoms. The second kappa shape index (κ2) is 4.74. The van der Waals surface area contributed by atoms with Gasteiger partial charge in [-0.25, -0.2) is 8.78 Å². The molecule has 0 radical (unpaired) electrons. The molecule has 1 aromatic carbocycles. The summed E-state index contributed by atoms with van der Waals surface area (Å²) in [5.74, 6) is -3.06. The van der Waals surface area contributed by atoms with E-state index in [-0.39, 0.29) is 6.61 Å². The summed E-state index contributed by atoms with van der Waals surface area (Å²) < 4.78 is 32.7. The van der Waals surface area contributed by atoms with Gasteiger partial charge in [-0.05, 0) is 5.56 Å². The minimum Gasteiger partial charge on any atom is -0.376 e. The van der Waals surface area contributed by atoms with Crippen molar-refractivity contribution in [1.29, 1.82) is 0 Å². The zero-order chi connectivity index (χ0) is 13.4. The van der Waals surface area contributed by atoms with Crippen LogP contribution in [0.15, 0.2) is 30.3 Å². The molecule has 0 aliphatic heterocycles. The van der Waals surface area contributed by atoms with Gasteiger partial charge in [0.15, 0.2) is 0 Å². The number of halogens is 2. The fourth-order valence-corrected chi connectivity index (χ4v) is 5.45. The van der Waals surface area contributed by atoms with E-state index < -0.39 is 25.5 Å². The topological polar surface area (TPSA) is 9.23 Å². The number of benzene rings is 1. The maximum absolute atomic E-state index is 13.6. The first kappa shape index (κ1) is 13.7. The monoisotopic (exact) mass is 270 g/mol. The molecule has 1 aliphatic carbocycles. The van der Waals surface area contributed by atoms with Gasteiger partial charge in [0, 0.05) is 5.54 Å². The highest BCUT2D eigenvalue weighted by atomic mass is 28.3. The molecule has 0 spiro atoms. The Balaban J connectivity index is 1.82. The molecule has 0 N–H and O–H groups in total. The SMILES string of the molecule is C[Si](C)(C)[C@H]1[C@H](COCc2ccccc2)C1(F)F. The molecule has 2 rings (SSSR count). The lowest BCUT2D eigenvalue weighted by atomic mass is 10.2. The van der Waals surface area contributed by atoms with E-state index in [4.69, 9.17) is 4.74 Å². The van der Waals surface area contributed by atoms with Crippen molar-refractivity contribution >= 4 is 8.07 Å². The summed E-state index contributed by atoms with van der Waals surface area (Å²) in [5.41, 5.74) is 0.617. The van der Waals surface area contributed by atoms with Crippen molar-refractivity contribution in [2.24, 2.45) is 5.92 Å². The van der Waals surface area contributed by atoms with E-state index in [1.165, 1.54) is 0 Å². The third-order valence-electron chi connectivity index (χ3n) is 3.54. The lowest BCUT2D eigenvalue weighted by Gasteiger charge is -2.14. The fraction of sp³-hybridized carbons (Fsp3) is 0.571. The summed E-state index contributed by atoms with van der Waals surface area (Å²) in [6.45, 7) is 6.61. The Labute approximate surface area is 108 Å². The lowest BCUT2D eigenvalue weighted by molar-refractivity contribution is 0.0490. The molecule has 0 heterocycles. The quantitative estimate of drug-likeness (QED) is 0.729. The molecule has 0 bridgehead atoms. The molecular formula is C14H20F2OSi. The van der Waals surface area contributed by atoms with Crippen molar-refractivity contribution in [3.05, 3.63) is 35.9 Å². The van der Waals surface area contributed by atoms with E-state index in [0.717, 1.165) is 5.56 Å². The number of rotatable bonds is 5. The van der Waals surface area contributed by atoms with Gasteiger partial charge in [0.05, 0.1) is 27.2 Å². The zero-order valence-corrected chi connectivity index (χ0v) is 12.1. The van der Waals surface area contributed by atoms with Gasteiger partial charge in [-0.15, -0.1) is 0 Å². The summed E-state index contributed by atoms with van der Waals surface area (Å²) in [6.07, 6.45) is 0. The van der Waals surface area contributed by atoms with Gasteiger partial charge in [-0.1, -0.05) is 50.0 Å². The third-order valence-corrected chi connectivity index (χ3v) is 6.20. The van der Waals surface area contributed by atoms with Crippen LogP contribution in [0, 0.1) is 5.92 Å². The number of hydrogen-bond acceptors (Lipinski definition) is 1. The van der Waals surface area contributed by atoms with Crippen LogP contribution in [-0.4, -0.2) is 20.6 Å². The van der Waals surface area contributed by atoms with Crippen LogP contribution in [-0.2, 0) is 11.3 Å². The maximum Gasteiger partial charge on any atom is 0.254 e. The molecule has 0 amide bonds. The lowest BCUT2D eigenvalue weighted by Crippen LogP contribution is -2.23. The second-order valence-corrected chi connectivity index (χ2v) is 11.5. The highest BCUT2D eigenvalue weighted by Gasteiger charge is 2.71. The second-order valence-electron chi connectivity index (χ2n) is 6.13. The average molecular weight is 270 g/mol. The number of alkyl halides is 2. The first-order valence-corrected chi connectivity index (χ1v) is 9.90. The van der Waals surface area contributed by atoms with Crippen molar-refractivity contribution < 1.29 is 13.5 Å².